The smallest absolute Gasteiger partial charge is 0.419 e. The van der Waals surface area contributed by atoms with E-state index in [1.807, 2.05) is 25.7 Å². The van der Waals surface area contributed by atoms with Gasteiger partial charge in [-0.15, -0.1) is 0 Å². The summed E-state index contributed by atoms with van der Waals surface area (Å²) >= 11 is 6.18. The molecular formula is C35H43ClF4N6O6. The molecule has 7 rings (SSSR count). The van der Waals surface area contributed by atoms with Crippen molar-refractivity contribution in [2.24, 2.45) is 0 Å². The lowest BCUT2D eigenvalue weighted by Crippen LogP contribution is -2.57. The Balaban J connectivity index is 1.25. The Morgan fingerprint density at radius 1 is 1.06 bits per heavy atom. The number of alkyl halides is 4. The number of fused-ring (bicyclic) bond motifs is 4. The van der Waals surface area contributed by atoms with Crippen LogP contribution in [0.3, 0.4) is 0 Å². The lowest BCUT2D eigenvalue weighted by molar-refractivity contribution is -0.137. The Bertz CT molecular complexity index is 1710. The largest absolute Gasteiger partial charge is 0.467 e. The second-order valence-electron chi connectivity index (χ2n) is 15.3. The first kappa shape index (κ1) is 36.7. The number of carbonyl (C=O) groups is 2. The fraction of sp³-hybridized carbons (Fsp3) is 0.657. The van der Waals surface area contributed by atoms with Gasteiger partial charge in [-0.2, -0.15) is 23.1 Å². The maximum atomic E-state index is 14.6. The van der Waals surface area contributed by atoms with Crippen LogP contribution in [0.15, 0.2) is 12.1 Å². The van der Waals surface area contributed by atoms with Gasteiger partial charge < -0.3 is 28.7 Å². The van der Waals surface area contributed by atoms with Crippen molar-refractivity contribution in [1.29, 1.82) is 0 Å². The maximum absolute atomic E-state index is 14.6. The van der Waals surface area contributed by atoms with Crippen LogP contribution in [0.4, 0.5) is 33.9 Å². The van der Waals surface area contributed by atoms with Gasteiger partial charge in [0.1, 0.15) is 35.6 Å². The third-order valence-corrected chi connectivity index (χ3v) is 10.9. The van der Waals surface area contributed by atoms with Gasteiger partial charge >= 0.3 is 18.3 Å². The van der Waals surface area contributed by atoms with Gasteiger partial charge in [0.05, 0.1) is 33.9 Å². The molecule has 284 valence electrons. The number of methoxy groups -OCH3 is 1. The number of rotatable bonds is 8. The van der Waals surface area contributed by atoms with E-state index >= 15 is 0 Å². The third kappa shape index (κ3) is 6.93. The van der Waals surface area contributed by atoms with Gasteiger partial charge in [-0.25, -0.2) is 9.18 Å². The van der Waals surface area contributed by atoms with Crippen molar-refractivity contribution in [2.75, 3.05) is 63.0 Å². The average molecular weight is 755 g/mol. The summed E-state index contributed by atoms with van der Waals surface area (Å²) in [6.45, 7) is 7.01. The summed E-state index contributed by atoms with van der Waals surface area (Å²) in [6.07, 6.45) is -2.74. The van der Waals surface area contributed by atoms with E-state index in [1.165, 1.54) is 7.11 Å². The number of carbonyl (C=O) groups excluding carboxylic acids is 2. The van der Waals surface area contributed by atoms with Crippen LogP contribution in [0.5, 0.6) is 11.8 Å². The van der Waals surface area contributed by atoms with Crippen LogP contribution < -0.4 is 19.3 Å². The van der Waals surface area contributed by atoms with E-state index in [9.17, 15) is 27.2 Å². The van der Waals surface area contributed by atoms with Crippen LogP contribution in [0, 0.1) is 0 Å². The van der Waals surface area contributed by atoms with Gasteiger partial charge in [0.25, 0.3) is 5.91 Å². The van der Waals surface area contributed by atoms with Crippen molar-refractivity contribution in [2.45, 2.75) is 94.9 Å². The molecule has 4 saturated heterocycles. The number of nitrogens with zero attached hydrogens (tertiary/aromatic N) is 6. The Morgan fingerprint density at radius 2 is 1.79 bits per heavy atom. The van der Waals surface area contributed by atoms with Gasteiger partial charge in [0.2, 0.25) is 0 Å². The highest BCUT2D eigenvalue weighted by Crippen LogP contribution is 2.46. The Hall–Kier alpha value is -3.63. The topological polar surface area (TPSA) is 110 Å². The number of piperazine rings is 1. The zero-order valence-corrected chi connectivity index (χ0v) is 30.4. The molecule has 1 aromatic heterocycles. The lowest BCUT2D eigenvalue weighted by Gasteiger charge is -2.42. The second kappa shape index (κ2) is 13.7. The van der Waals surface area contributed by atoms with E-state index < -0.39 is 51.8 Å². The standard InChI is InChI=1S/C35H43ClF4N6O6/c1-33(2,3)52-32(48)46-21-6-7-22(46)17-43(16-21)29-24-8-11-45(26-13-23(51-19-49-4)12-25(36)27(26)35(38,39)40)30(47)28(24)41-31(42-29)50-18-34-9-5-10-44(34)15-20(37)14-34/h12-13,20-22H,5-11,14-19H2,1-4H3/t20-,21?,22?,34+/m1/s1. The summed E-state index contributed by atoms with van der Waals surface area (Å²) < 4.78 is 80.3. The number of ether oxygens (including phenoxy) is 4. The normalized spacial score (nSPS) is 26.1. The summed E-state index contributed by atoms with van der Waals surface area (Å²) in [5.41, 5.74) is -2.49. The molecule has 2 aromatic rings. The zero-order chi connectivity index (χ0) is 37.2. The summed E-state index contributed by atoms with van der Waals surface area (Å²) in [7, 11) is 1.37. The van der Waals surface area contributed by atoms with E-state index in [1.54, 1.807) is 4.90 Å². The molecule has 5 aliphatic rings. The second-order valence-corrected chi connectivity index (χ2v) is 15.7. The Morgan fingerprint density at radius 3 is 2.46 bits per heavy atom. The first-order valence-corrected chi connectivity index (χ1v) is 18.0. The number of amides is 2. The maximum Gasteiger partial charge on any atom is 0.419 e. The molecule has 0 spiro atoms. The first-order valence-electron chi connectivity index (χ1n) is 17.6. The molecule has 4 atom stereocenters. The fourth-order valence-electron chi connectivity index (χ4n) is 8.48. The van der Waals surface area contributed by atoms with Crippen molar-refractivity contribution in [3.8, 4) is 11.8 Å². The van der Waals surface area contributed by atoms with E-state index in [-0.39, 0.29) is 55.9 Å². The molecule has 17 heteroatoms. The molecule has 0 saturated carbocycles. The number of hydrogen-bond acceptors (Lipinski definition) is 10. The van der Waals surface area contributed by atoms with Gasteiger partial charge in [0, 0.05) is 51.3 Å². The molecule has 4 fully saturated rings. The fourth-order valence-corrected chi connectivity index (χ4v) is 8.79. The van der Waals surface area contributed by atoms with E-state index in [0.717, 1.165) is 49.3 Å². The Labute approximate surface area is 304 Å². The highest BCUT2D eigenvalue weighted by molar-refractivity contribution is 6.32. The summed E-state index contributed by atoms with van der Waals surface area (Å²) in [4.78, 5) is 43.8. The molecule has 1 aromatic carbocycles. The molecule has 5 aliphatic heterocycles. The highest BCUT2D eigenvalue weighted by Gasteiger charge is 2.50. The predicted molar refractivity (Wildman–Crippen MR) is 182 cm³/mol. The van der Waals surface area contributed by atoms with Gasteiger partial charge in [-0.3, -0.25) is 14.6 Å². The lowest BCUT2D eigenvalue weighted by atomic mass is 9.95. The van der Waals surface area contributed by atoms with Crippen LogP contribution in [0.25, 0.3) is 0 Å². The van der Waals surface area contributed by atoms with E-state index in [0.29, 0.717) is 37.4 Å². The van der Waals surface area contributed by atoms with Crippen molar-refractivity contribution in [1.82, 2.24) is 19.8 Å². The minimum atomic E-state index is -4.90. The van der Waals surface area contributed by atoms with Crippen LogP contribution in [0.2, 0.25) is 5.02 Å². The molecule has 2 bridgehead atoms. The van der Waals surface area contributed by atoms with Crippen LogP contribution in [-0.4, -0.2) is 114 Å². The van der Waals surface area contributed by atoms with Crippen molar-refractivity contribution in [3.63, 3.8) is 0 Å². The first-order chi connectivity index (χ1) is 24.6. The summed E-state index contributed by atoms with van der Waals surface area (Å²) in [6, 6.07) is 1.66. The van der Waals surface area contributed by atoms with Crippen LogP contribution >= 0.6 is 11.6 Å². The number of halogens is 5. The Kier molecular flexibility index (Phi) is 9.64. The minimum absolute atomic E-state index is 0.0118. The number of hydrogen-bond donors (Lipinski definition) is 0. The van der Waals surface area contributed by atoms with Crippen LogP contribution in [-0.2, 0) is 22.1 Å². The highest BCUT2D eigenvalue weighted by atomic mass is 35.5. The number of aromatic nitrogens is 2. The van der Waals surface area contributed by atoms with Crippen molar-refractivity contribution >= 4 is 35.1 Å². The molecule has 12 nitrogen and oxygen atoms in total. The monoisotopic (exact) mass is 754 g/mol. The molecule has 52 heavy (non-hydrogen) atoms. The van der Waals surface area contributed by atoms with E-state index in [2.05, 4.69) is 9.88 Å². The molecule has 0 aliphatic carbocycles. The van der Waals surface area contributed by atoms with E-state index in [4.69, 9.17) is 35.5 Å². The number of anilines is 2. The van der Waals surface area contributed by atoms with Gasteiger partial charge in [-0.05, 0) is 65.5 Å². The van der Waals surface area contributed by atoms with Gasteiger partial charge in [0.15, 0.2) is 6.79 Å². The third-order valence-electron chi connectivity index (χ3n) is 10.6. The predicted octanol–water partition coefficient (Wildman–Crippen LogP) is 5.88. The van der Waals surface area contributed by atoms with Crippen LogP contribution in [0.1, 0.15) is 74.5 Å². The van der Waals surface area contributed by atoms with Crippen molar-refractivity contribution < 1.29 is 46.1 Å². The molecule has 2 unspecified atom stereocenters. The number of benzene rings is 1. The molecule has 0 N–H and O–H groups in total. The quantitative estimate of drug-likeness (QED) is 0.240. The summed E-state index contributed by atoms with van der Waals surface area (Å²) in [5, 5.41) is -0.636. The van der Waals surface area contributed by atoms with Crippen molar-refractivity contribution in [3.05, 3.63) is 34.0 Å². The SMILES string of the molecule is COCOc1cc(Cl)c(C(F)(F)F)c(N2CCc3c(nc(OC[C@@]45CCCN4C[C@H](F)C5)nc3N3CC4CCC(C3)N4C(=O)OC(C)(C)C)C2=O)c1. The summed E-state index contributed by atoms with van der Waals surface area (Å²) in [5.74, 6) is -0.376. The zero-order valence-electron chi connectivity index (χ0n) is 29.6. The minimum Gasteiger partial charge on any atom is -0.467 e. The molecule has 0 radical (unpaired) electrons. The molecule has 6 heterocycles. The van der Waals surface area contributed by atoms with Gasteiger partial charge in [-0.1, -0.05) is 11.6 Å². The average Bonchev–Trinajstić information content (AvgIpc) is 3.67. The molecule has 2 amide bonds. The molecular weight excluding hydrogens is 712 g/mol.